The Morgan fingerprint density at radius 3 is 2.67 bits per heavy atom. The van der Waals surface area contributed by atoms with Crippen molar-refractivity contribution in [2.24, 2.45) is 0 Å². The van der Waals surface area contributed by atoms with Gasteiger partial charge in [0.25, 0.3) is 0 Å². The molecular formula is C9H17N3O2S. The van der Waals surface area contributed by atoms with Crippen molar-refractivity contribution in [3.05, 3.63) is 12.4 Å². The third-order valence-corrected chi connectivity index (χ3v) is 3.41. The Hall–Kier alpha value is -0.880. The van der Waals surface area contributed by atoms with Gasteiger partial charge in [-0.3, -0.25) is 4.68 Å². The molecule has 0 fully saturated rings. The van der Waals surface area contributed by atoms with Crippen LogP contribution in [0.3, 0.4) is 0 Å². The van der Waals surface area contributed by atoms with E-state index in [2.05, 4.69) is 17.3 Å². The largest absolute Gasteiger partial charge is 0.315 e. The molecule has 0 aliphatic rings. The molecule has 0 aromatic carbocycles. The predicted molar refractivity (Wildman–Crippen MR) is 58.5 cm³/mol. The first-order valence-corrected chi connectivity index (χ1v) is 6.76. The summed E-state index contributed by atoms with van der Waals surface area (Å²) in [7, 11) is -1.25. The van der Waals surface area contributed by atoms with Crippen LogP contribution < -0.4 is 5.32 Å². The van der Waals surface area contributed by atoms with Gasteiger partial charge < -0.3 is 5.32 Å². The summed E-state index contributed by atoms with van der Waals surface area (Å²) in [6, 6.07) is 0.317. The van der Waals surface area contributed by atoms with Gasteiger partial charge in [-0.1, -0.05) is 6.92 Å². The summed E-state index contributed by atoms with van der Waals surface area (Å²) < 4.78 is 24.1. The fraction of sp³-hybridized carbons (Fsp3) is 0.667. The van der Waals surface area contributed by atoms with Crippen molar-refractivity contribution in [1.82, 2.24) is 15.1 Å². The third kappa shape index (κ3) is 3.32. The first-order chi connectivity index (χ1) is 6.97. The lowest BCUT2D eigenvalue weighted by Gasteiger charge is -2.12. The molecule has 1 N–H and O–H groups in total. The van der Waals surface area contributed by atoms with Gasteiger partial charge in [0, 0.05) is 18.5 Å². The van der Waals surface area contributed by atoms with Crippen LogP contribution in [0.25, 0.3) is 0 Å². The first kappa shape index (κ1) is 12.2. The van der Waals surface area contributed by atoms with Crippen LogP contribution in [-0.2, 0) is 16.4 Å². The SMILES string of the molecule is CCC(Cn1cc(S(C)(=O)=O)cn1)NC. The van der Waals surface area contributed by atoms with Gasteiger partial charge in [-0.2, -0.15) is 5.10 Å². The van der Waals surface area contributed by atoms with Gasteiger partial charge in [0.1, 0.15) is 4.90 Å². The molecule has 0 spiro atoms. The molecule has 0 bridgehead atoms. The lowest BCUT2D eigenvalue weighted by Crippen LogP contribution is -2.29. The smallest absolute Gasteiger partial charge is 0.178 e. The zero-order valence-electron chi connectivity index (χ0n) is 9.27. The third-order valence-electron chi connectivity index (χ3n) is 2.35. The van der Waals surface area contributed by atoms with Crippen LogP contribution in [0.15, 0.2) is 17.3 Å². The highest BCUT2D eigenvalue weighted by Gasteiger charge is 2.11. The summed E-state index contributed by atoms with van der Waals surface area (Å²) in [6.45, 7) is 2.75. The lowest BCUT2D eigenvalue weighted by atomic mass is 10.2. The summed E-state index contributed by atoms with van der Waals surface area (Å²) in [5.41, 5.74) is 0. The van der Waals surface area contributed by atoms with Gasteiger partial charge in [0.05, 0.1) is 12.7 Å². The summed E-state index contributed by atoms with van der Waals surface area (Å²) in [6.07, 6.45) is 5.11. The number of rotatable bonds is 5. The first-order valence-electron chi connectivity index (χ1n) is 4.87. The molecule has 1 heterocycles. The highest BCUT2D eigenvalue weighted by molar-refractivity contribution is 7.90. The van der Waals surface area contributed by atoms with Crippen molar-refractivity contribution in [3.63, 3.8) is 0 Å². The number of aromatic nitrogens is 2. The number of likely N-dealkylation sites (N-methyl/N-ethyl adjacent to an activating group) is 1. The minimum Gasteiger partial charge on any atom is -0.315 e. The van der Waals surface area contributed by atoms with Crippen molar-refractivity contribution >= 4 is 9.84 Å². The van der Waals surface area contributed by atoms with E-state index in [-0.39, 0.29) is 4.90 Å². The molecule has 0 aliphatic carbocycles. The molecule has 1 atom stereocenters. The summed E-state index contributed by atoms with van der Waals surface area (Å²) in [4.78, 5) is 0.272. The molecule has 15 heavy (non-hydrogen) atoms. The van der Waals surface area contributed by atoms with Gasteiger partial charge in [-0.15, -0.1) is 0 Å². The van der Waals surface area contributed by atoms with E-state index in [0.717, 1.165) is 6.42 Å². The number of hydrogen-bond acceptors (Lipinski definition) is 4. The lowest BCUT2D eigenvalue weighted by molar-refractivity contribution is 0.442. The van der Waals surface area contributed by atoms with Crippen molar-refractivity contribution < 1.29 is 8.42 Å². The Morgan fingerprint density at radius 1 is 1.60 bits per heavy atom. The van der Waals surface area contributed by atoms with Gasteiger partial charge >= 0.3 is 0 Å². The molecule has 6 heteroatoms. The number of nitrogens with one attached hydrogen (secondary N) is 1. The van der Waals surface area contributed by atoms with Crippen LogP contribution in [0.1, 0.15) is 13.3 Å². The molecule has 86 valence electrons. The highest BCUT2D eigenvalue weighted by atomic mass is 32.2. The highest BCUT2D eigenvalue weighted by Crippen LogP contribution is 2.07. The zero-order chi connectivity index (χ0) is 11.5. The monoisotopic (exact) mass is 231 g/mol. The van der Waals surface area contributed by atoms with E-state index in [1.54, 1.807) is 10.9 Å². The molecule has 0 saturated heterocycles. The molecule has 1 rings (SSSR count). The molecule has 0 amide bonds. The Labute approximate surface area is 90.4 Å². The molecule has 1 unspecified atom stereocenters. The topological polar surface area (TPSA) is 64.0 Å². The molecule has 1 aromatic rings. The van der Waals surface area contributed by atoms with Gasteiger partial charge in [0.15, 0.2) is 9.84 Å². The number of sulfone groups is 1. The van der Waals surface area contributed by atoms with E-state index >= 15 is 0 Å². The summed E-state index contributed by atoms with van der Waals surface area (Å²) in [5, 5.41) is 7.15. The van der Waals surface area contributed by atoms with E-state index in [4.69, 9.17) is 0 Å². The molecule has 0 radical (unpaired) electrons. The standard InChI is InChI=1S/C9H17N3O2S/c1-4-8(10-2)6-12-7-9(5-11-12)15(3,13)14/h5,7-8,10H,4,6H2,1-3H3. The molecule has 0 saturated carbocycles. The van der Waals surface area contributed by atoms with Crippen LogP contribution in [0.5, 0.6) is 0 Å². The van der Waals surface area contributed by atoms with Crippen molar-refractivity contribution in [2.75, 3.05) is 13.3 Å². The Morgan fingerprint density at radius 2 is 2.27 bits per heavy atom. The van der Waals surface area contributed by atoms with Crippen LogP contribution in [0.2, 0.25) is 0 Å². The summed E-state index contributed by atoms with van der Waals surface area (Å²) >= 11 is 0. The minimum atomic E-state index is -3.13. The fourth-order valence-electron chi connectivity index (χ4n) is 1.29. The van der Waals surface area contributed by atoms with E-state index in [9.17, 15) is 8.42 Å². The van der Waals surface area contributed by atoms with E-state index < -0.39 is 9.84 Å². The number of hydrogen-bond donors (Lipinski definition) is 1. The van der Waals surface area contributed by atoms with E-state index in [1.807, 2.05) is 7.05 Å². The normalized spacial score (nSPS) is 14.1. The summed E-state index contributed by atoms with van der Waals surface area (Å²) in [5.74, 6) is 0. The van der Waals surface area contributed by atoms with Crippen molar-refractivity contribution in [2.45, 2.75) is 30.8 Å². The maximum atomic E-state index is 11.2. The Balaban J connectivity index is 2.77. The Kier molecular flexibility index (Phi) is 3.87. The van der Waals surface area contributed by atoms with Crippen LogP contribution in [0, 0.1) is 0 Å². The second-order valence-corrected chi connectivity index (χ2v) is 5.58. The van der Waals surface area contributed by atoms with E-state index in [1.165, 1.54) is 12.5 Å². The van der Waals surface area contributed by atoms with Crippen molar-refractivity contribution in [3.8, 4) is 0 Å². The van der Waals surface area contributed by atoms with Crippen LogP contribution in [-0.4, -0.2) is 37.5 Å². The predicted octanol–water partition coefficient (Wildman–Crippen LogP) is 0.285. The quantitative estimate of drug-likeness (QED) is 0.791. The van der Waals surface area contributed by atoms with Gasteiger partial charge in [-0.05, 0) is 13.5 Å². The maximum absolute atomic E-state index is 11.2. The second kappa shape index (κ2) is 4.76. The molecular weight excluding hydrogens is 214 g/mol. The number of nitrogens with zero attached hydrogens (tertiary/aromatic N) is 2. The maximum Gasteiger partial charge on any atom is 0.178 e. The zero-order valence-corrected chi connectivity index (χ0v) is 10.1. The average molecular weight is 231 g/mol. The van der Waals surface area contributed by atoms with Crippen LogP contribution >= 0.6 is 0 Å². The molecule has 0 aliphatic heterocycles. The molecule has 5 nitrogen and oxygen atoms in total. The van der Waals surface area contributed by atoms with Crippen LogP contribution in [0.4, 0.5) is 0 Å². The minimum absolute atomic E-state index is 0.272. The second-order valence-electron chi connectivity index (χ2n) is 3.56. The fourth-order valence-corrected chi connectivity index (χ4v) is 1.84. The molecule has 1 aromatic heterocycles. The average Bonchev–Trinajstić information content (AvgIpc) is 2.61. The van der Waals surface area contributed by atoms with E-state index in [0.29, 0.717) is 12.6 Å². The van der Waals surface area contributed by atoms with Gasteiger partial charge in [-0.25, -0.2) is 8.42 Å². The van der Waals surface area contributed by atoms with Gasteiger partial charge in [0.2, 0.25) is 0 Å². The Bertz CT molecular complexity index is 407. The van der Waals surface area contributed by atoms with Crippen molar-refractivity contribution in [1.29, 1.82) is 0 Å².